The van der Waals surface area contributed by atoms with E-state index in [0.717, 1.165) is 28.5 Å². The number of amides is 1. The highest BCUT2D eigenvalue weighted by atomic mass is 19.1. The minimum Gasteiger partial charge on any atom is -0.473 e. The van der Waals surface area contributed by atoms with Gasteiger partial charge in [-0.3, -0.25) is 4.79 Å². The summed E-state index contributed by atoms with van der Waals surface area (Å²) in [6.07, 6.45) is 4.36. The number of nitrogens with zero attached hydrogens (tertiary/aromatic N) is 4. The first-order chi connectivity index (χ1) is 15.1. The van der Waals surface area contributed by atoms with Crippen molar-refractivity contribution in [3.05, 3.63) is 72.3 Å². The van der Waals surface area contributed by atoms with Crippen molar-refractivity contribution in [2.24, 2.45) is 0 Å². The van der Waals surface area contributed by atoms with Gasteiger partial charge in [0.25, 0.3) is 5.91 Å². The Labute approximate surface area is 178 Å². The van der Waals surface area contributed by atoms with E-state index in [9.17, 15) is 9.18 Å². The van der Waals surface area contributed by atoms with Gasteiger partial charge in [0.1, 0.15) is 11.8 Å². The summed E-state index contributed by atoms with van der Waals surface area (Å²) in [5.74, 6) is -0.124. The van der Waals surface area contributed by atoms with Crippen LogP contribution in [0.4, 0.5) is 4.39 Å². The molecule has 5 rings (SSSR count). The van der Waals surface area contributed by atoms with E-state index in [1.807, 2.05) is 37.3 Å². The van der Waals surface area contributed by atoms with Crippen molar-refractivity contribution in [2.45, 2.75) is 31.9 Å². The topological polar surface area (TPSA) is 76.0 Å². The van der Waals surface area contributed by atoms with Gasteiger partial charge in [0.05, 0.1) is 24.0 Å². The van der Waals surface area contributed by atoms with Crippen LogP contribution < -0.4 is 4.74 Å². The number of H-pyrrole nitrogens is 1. The van der Waals surface area contributed by atoms with Crippen molar-refractivity contribution in [2.75, 3.05) is 6.54 Å². The van der Waals surface area contributed by atoms with Crippen LogP contribution in [0.1, 0.15) is 30.1 Å². The van der Waals surface area contributed by atoms with Crippen LogP contribution in [0.15, 0.2) is 60.9 Å². The van der Waals surface area contributed by atoms with Gasteiger partial charge in [0.2, 0.25) is 0 Å². The number of aromatic nitrogens is 4. The molecule has 2 atom stereocenters. The second-order valence-electron chi connectivity index (χ2n) is 7.71. The Morgan fingerprint density at radius 1 is 1.16 bits per heavy atom. The zero-order valence-corrected chi connectivity index (χ0v) is 17.0. The Morgan fingerprint density at radius 3 is 2.77 bits per heavy atom. The van der Waals surface area contributed by atoms with E-state index in [-0.39, 0.29) is 29.3 Å². The number of aromatic amines is 1. The molecule has 1 aliphatic heterocycles. The van der Waals surface area contributed by atoms with Crippen LogP contribution in [0.3, 0.4) is 0 Å². The molecule has 0 unspecified atom stereocenters. The van der Waals surface area contributed by atoms with Crippen molar-refractivity contribution in [3.63, 3.8) is 0 Å². The number of carbonyl (C=O) groups is 1. The minimum atomic E-state index is -0.544. The van der Waals surface area contributed by atoms with Gasteiger partial charge in [-0.15, -0.1) is 4.80 Å². The van der Waals surface area contributed by atoms with Crippen LogP contribution in [0, 0.1) is 5.82 Å². The van der Waals surface area contributed by atoms with Crippen LogP contribution in [0.5, 0.6) is 5.88 Å². The molecular weight excluding hydrogens is 397 g/mol. The standard InChI is InChI=1S/C23H22FN5O2/c1-15-20(31-21-14-16-6-2-3-9-19(16)27-21)10-5-13-28(15)23(30)17-7-4-8-18(24)22(17)29-25-11-12-26-29/h2-4,6-9,11-12,14-15,20,27H,5,10,13H2,1H3/t15-,20+/m0/s1. The van der Waals surface area contributed by atoms with Crippen LogP contribution in [-0.4, -0.2) is 49.5 Å². The van der Waals surface area contributed by atoms with Gasteiger partial charge in [-0.05, 0) is 38.0 Å². The van der Waals surface area contributed by atoms with Crippen molar-refractivity contribution < 1.29 is 13.9 Å². The summed E-state index contributed by atoms with van der Waals surface area (Å²) in [4.78, 5) is 19.6. The summed E-state index contributed by atoms with van der Waals surface area (Å²) >= 11 is 0. The van der Waals surface area contributed by atoms with E-state index in [1.165, 1.54) is 24.5 Å². The summed E-state index contributed by atoms with van der Waals surface area (Å²) in [7, 11) is 0. The molecule has 1 N–H and O–H groups in total. The monoisotopic (exact) mass is 419 g/mol. The number of hydrogen-bond acceptors (Lipinski definition) is 4. The molecule has 1 fully saturated rings. The first-order valence-electron chi connectivity index (χ1n) is 10.3. The number of rotatable bonds is 4. The number of benzene rings is 2. The van der Waals surface area contributed by atoms with Crippen LogP contribution in [0.2, 0.25) is 0 Å². The number of ether oxygens (including phenoxy) is 1. The zero-order valence-electron chi connectivity index (χ0n) is 17.0. The molecule has 0 aliphatic carbocycles. The molecule has 7 nitrogen and oxygen atoms in total. The predicted octanol–water partition coefficient (Wildman–Crippen LogP) is 3.96. The molecule has 2 aromatic heterocycles. The SMILES string of the molecule is C[C@H]1[C@H](Oc2cc3ccccc3[nH]2)CCCN1C(=O)c1cccc(F)c1-n1nccn1. The number of likely N-dealkylation sites (tertiary alicyclic amines) is 1. The van der Waals surface area contributed by atoms with E-state index in [1.54, 1.807) is 11.0 Å². The molecule has 2 aromatic carbocycles. The normalized spacial score (nSPS) is 19.0. The van der Waals surface area contributed by atoms with Gasteiger partial charge < -0.3 is 14.6 Å². The Hall–Kier alpha value is -3.68. The molecule has 1 amide bonds. The van der Waals surface area contributed by atoms with Crippen LogP contribution >= 0.6 is 0 Å². The number of piperidine rings is 1. The highest BCUT2D eigenvalue weighted by Gasteiger charge is 2.34. The second-order valence-corrected chi connectivity index (χ2v) is 7.71. The highest BCUT2D eigenvalue weighted by molar-refractivity contribution is 5.98. The largest absolute Gasteiger partial charge is 0.473 e. The molecule has 0 radical (unpaired) electrons. The lowest BCUT2D eigenvalue weighted by atomic mass is 9.98. The lowest BCUT2D eigenvalue weighted by Crippen LogP contribution is -2.51. The Balaban J connectivity index is 1.41. The van der Waals surface area contributed by atoms with Crippen molar-refractivity contribution in [1.29, 1.82) is 0 Å². The number of halogens is 1. The number of hydrogen-bond donors (Lipinski definition) is 1. The lowest BCUT2D eigenvalue weighted by molar-refractivity contribution is 0.0268. The molecule has 158 valence electrons. The zero-order chi connectivity index (χ0) is 21.4. The van der Waals surface area contributed by atoms with E-state index in [0.29, 0.717) is 12.4 Å². The van der Waals surface area contributed by atoms with E-state index in [4.69, 9.17) is 4.74 Å². The highest BCUT2D eigenvalue weighted by Crippen LogP contribution is 2.28. The molecule has 4 aromatic rings. The number of nitrogens with one attached hydrogen (secondary N) is 1. The van der Waals surface area contributed by atoms with Crippen LogP contribution in [-0.2, 0) is 0 Å². The summed E-state index contributed by atoms with van der Waals surface area (Å²) in [6, 6.07) is 14.2. The minimum absolute atomic E-state index is 0.0587. The van der Waals surface area contributed by atoms with Gasteiger partial charge in [0, 0.05) is 23.5 Å². The van der Waals surface area contributed by atoms with Gasteiger partial charge in [-0.25, -0.2) is 4.39 Å². The van der Waals surface area contributed by atoms with E-state index in [2.05, 4.69) is 15.2 Å². The fourth-order valence-electron chi connectivity index (χ4n) is 4.20. The molecule has 31 heavy (non-hydrogen) atoms. The maximum Gasteiger partial charge on any atom is 0.256 e. The summed E-state index contributed by atoms with van der Waals surface area (Å²) in [5, 5.41) is 9.10. The van der Waals surface area contributed by atoms with Gasteiger partial charge in [-0.1, -0.05) is 24.3 Å². The fourth-order valence-corrected chi connectivity index (χ4v) is 4.20. The molecule has 3 heterocycles. The molecule has 1 aliphatic rings. The van der Waals surface area contributed by atoms with E-state index >= 15 is 0 Å². The third-order valence-electron chi connectivity index (χ3n) is 5.80. The van der Waals surface area contributed by atoms with Crippen molar-refractivity contribution in [3.8, 4) is 11.6 Å². The number of fused-ring (bicyclic) bond motifs is 1. The van der Waals surface area contributed by atoms with Crippen LogP contribution in [0.25, 0.3) is 16.6 Å². The third kappa shape index (κ3) is 3.54. The molecule has 1 saturated heterocycles. The van der Waals surface area contributed by atoms with Gasteiger partial charge >= 0.3 is 0 Å². The van der Waals surface area contributed by atoms with Crippen molar-refractivity contribution >= 4 is 16.8 Å². The number of para-hydroxylation sites is 2. The molecule has 0 bridgehead atoms. The molecular formula is C23H22FN5O2. The Morgan fingerprint density at radius 2 is 1.97 bits per heavy atom. The average Bonchev–Trinajstić information content (AvgIpc) is 3.44. The third-order valence-corrected chi connectivity index (χ3v) is 5.80. The summed E-state index contributed by atoms with van der Waals surface area (Å²) < 4.78 is 20.8. The Kier molecular flexibility index (Phi) is 4.89. The predicted molar refractivity (Wildman–Crippen MR) is 114 cm³/mol. The van der Waals surface area contributed by atoms with Crippen molar-refractivity contribution in [1.82, 2.24) is 24.9 Å². The van der Waals surface area contributed by atoms with Gasteiger partial charge in [-0.2, -0.15) is 10.2 Å². The lowest BCUT2D eigenvalue weighted by Gasteiger charge is -2.39. The molecule has 0 spiro atoms. The average molecular weight is 419 g/mol. The molecule has 8 heteroatoms. The first-order valence-corrected chi connectivity index (χ1v) is 10.3. The maximum absolute atomic E-state index is 14.6. The maximum atomic E-state index is 14.6. The first kappa shape index (κ1) is 19.3. The smallest absolute Gasteiger partial charge is 0.256 e. The Bertz CT molecular complexity index is 1190. The summed E-state index contributed by atoms with van der Waals surface area (Å²) in [5.41, 5.74) is 1.29. The number of carbonyl (C=O) groups excluding carboxylic acids is 1. The summed E-state index contributed by atoms with van der Waals surface area (Å²) in [6.45, 7) is 2.55. The van der Waals surface area contributed by atoms with E-state index < -0.39 is 5.82 Å². The van der Waals surface area contributed by atoms with Gasteiger partial charge in [0.15, 0.2) is 11.7 Å². The quantitative estimate of drug-likeness (QED) is 0.543. The fraction of sp³-hybridized carbons (Fsp3) is 0.261. The second kappa shape index (κ2) is 7.86. The molecule has 0 saturated carbocycles.